The van der Waals surface area contributed by atoms with Crippen molar-refractivity contribution in [3.8, 4) is 0 Å². The Balaban J connectivity index is 2.28. The Morgan fingerprint density at radius 2 is 1.61 bits per heavy atom. The van der Waals surface area contributed by atoms with Crippen LogP contribution in [0, 0.1) is 11.2 Å². The van der Waals surface area contributed by atoms with Crippen molar-refractivity contribution >= 4 is 11.1 Å². The summed E-state index contributed by atoms with van der Waals surface area (Å²) in [6.45, 7) is 12.2. The second-order valence-electron chi connectivity index (χ2n) is 9.47. The lowest BCUT2D eigenvalue weighted by molar-refractivity contribution is 0.206. The van der Waals surface area contributed by atoms with Gasteiger partial charge in [-0.15, -0.1) is 0 Å². The van der Waals surface area contributed by atoms with Crippen molar-refractivity contribution in [2.24, 2.45) is 11.1 Å². The predicted molar refractivity (Wildman–Crippen MR) is 140 cm³/mol. The molecule has 2 aromatic rings. The summed E-state index contributed by atoms with van der Waals surface area (Å²) in [6.07, 6.45) is 8.42. The molecule has 0 atom stereocenters. The van der Waals surface area contributed by atoms with Crippen molar-refractivity contribution in [2.45, 2.75) is 60.3 Å². The maximum absolute atomic E-state index is 13.4. The lowest BCUT2D eigenvalue weighted by Crippen LogP contribution is -2.23. The van der Waals surface area contributed by atoms with E-state index in [-0.39, 0.29) is 11.2 Å². The topological polar surface area (TPSA) is 35.2 Å². The Morgan fingerprint density at radius 3 is 2.21 bits per heavy atom. The average molecular weight is 450 g/mol. The second kappa shape index (κ2) is 13.2. The van der Waals surface area contributed by atoms with Crippen LogP contribution < -0.4 is 5.73 Å². The third kappa shape index (κ3) is 9.01. The molecule has 178 valence electrons. The zero-order chi connectivity index (χ0) is 24.3. The van der Waals surface area contributed by atoms with E-state index in [1.807, 2.05) is 30.3 Å². The van der Waals surface area contributed by atoms with Crippen LogP contribution in [0.25, 0.3) is 11.1 Å². The lowest BCUT2D eigenvalue weighted by atomic mass is 9.87. The van der Waals surface area contributed by atoms with Gasteiger partial charge in [0.2, 0.25) is 0 Å². The average Bonchev–Trinajstić information content (AvgIpc) is 2.82. The lowest BCUT2D eigenvalue weighted by Gasteiger charge is -2.22. The summed E-state index contributed by atoms with van der Waals surface area (Å²) < 4.78 is 19.7. The second-order valence-corrected chi connectivity index (χ2v) is 9.47. The largest absolute Gasteiger partial charge is 0.494 e. The Labute approximate surface area is 200 Å². The molecule has 0 radical (unpaired) electrons. The van der Waals surface area contributed by atoms with Gasteiger partial charge in [-0.25, -0.2) is 4.39 Å². The zero-order valence-electron chi connectivity index (χ0n) is 21.0. The first-order chi connectivity index (χ1) is 15.8. The Kier molecular flexibility index (Phi) is 10.6. The van der Waals surface area contributed by atoms with E-state index in [2.05, 4.69) is 58.9 Å². The normalized spacial score (nSPS) is 13.7. The van der Waals surface area contributed by atoms with Crippen molar-refractivity contribution in [3.05, 3.63) is 95.0 Å². The number of ether oxygens (including phenoxy) is 1. The van der Waals surface area contributed by atoms with E-state index >= 15 is 0 Å². The highest BCUT2D eigenvalue weighted by atomic mass is 19.1. The Bertz CT molecular complexity index is 953. The highest BCUT2D eigenvalue weighted by Gasteiger charge is 2.14. The van der Waals surface area contributed by atoms with Crippen LogP contribution in [0.15, 0.2) is 78.1 Å². The first-order valence-electron chi connectivity index (χ1n) is 12.0. The van der Waals surface area contributed by atoms with Crippen LogP contribution >= 0.6 is 0 Å². The number of unbranched alkanes of at least 4 members (excludes halogenated alkanes) is 1. The van der Waals surface area contributed by atoms with Crippen molar-refractivity contribution in [1.82, 2.24) is 0 Å². The molecule has 0 heterocycles. The molecule has 0 aliphatic heterocycles. The van der Waals surface area contributed by atoms with Gasteiger partial charge in [0.15, 0.2) is 0 Å². The molecule has 0 aromatic heterocycles. The van der Waals surface area contributed by atoms with E-state index in [1.54, 1.807) is 0 Å². The zero-order valence-corrected chi connectivity index (χ0v) is 21.0. The SMILES string of the molecule is CC/C(C)=C(/C=C(\C=C(/C)c1ccc(F)cc1)c1ccccc1)OCCCCC(C)(C)CN. The maximum atomic E-state index is 13.4. The molecule has 2 N–H and O–H groups in total. The number of nitrogens with two attached hydrogens (primary N) is 1. The molecule has 0 amide bonds. The molecule has 0 unspecified atom stereocenters. The fraction of sp³-hybridized carbons (Fsp3) is 0.400. The number of hydrogen-bond acceptors (Lipinski definition) is 2. The van der Waals surface area contributed by atoms with Crippen LogP contribution in [-0.4, -0.2) is 13.2 Å². The first kappa shape index (κ1) is 26.6. The molecule has 0 aliphatic carbocycles. The van der Waals surface area contributed by atoms with E-state index in [9.17, 15) is 4.39 Å². The van der Waals surface area contributed by atoms with Gasteiger partial charge in [0.1, 0.15) is 11.6 Å². The molecule has 3 heteroatoms. The van der Waals surface area contributed by atoms with E-state index in [1.165, 1.54) is 17.7 Å². The molecule has 2 nitrogen and oxygen atoms in total. The van der Waals surface area contributed by atoms with E-state index in [0.29, 0.717) is 13.2 Å². The summed E-state index contributed by atoms with van der Waals surface area (Å²) in [7, 11) is 0. The highest BCUT2D eigenvalue weighted by molar-refractivity contribution is 5.84. The third-order valence-electron chi connectivity index (χ3n) is 6.07. The monoisotopic (exact) mass is 449 g/mol. The first-order valence-corrected chi connectivity index (χ1v) is 12.0. The van der Waals surface area contributed by atoms with Crippen molar-refractivity contribution < 1.29 is 9.13 Å². The number of hydrogen-bond donors (Lipinski definition) is 1. The summed E-state index contributed by atoms with van der Waals surface area (Å²) in [6, 6.07) is 16.9. The summed E-state index contributed by atoms with van der Waals surface area (Å²) in [5.74, 6) is 0.704. The quantitative estimate of drug-likeness (QED) is 0.201. The van der Waals surface area contributed by atoms with Crippen molar-refractivity contribution in [3.63, 3.8) is 0 Å². The maximum Gasteiger partial charge on any atom is 0.123 e. The number of rotatable bonds is 12. The number of benzene rings is 2. The fourth-order valence-corrected chi connectivity index (χ4v) is 3.46. The van der Waals surface area contributed by atoms with Gasteiger partial charge in [-0.05, 0) is 97.5 Å². The minimum absolute atomic E-state index is 0.182. The number of allylic oxidation sites excluding steroid dienone is 5. The minimum atomic E-state index is -0.225. The fourth-order valence-electron chi connectivity index (χ4n) is 3.46. The standard InChI is InChI=1S/C30H40FNO/c1-6-23(2)29(33-19-11-10-18-30(4,5)22-32)21-27(26-12-8-7-9-13-26)20-24(3)25-14-16-28(31)17-15-25/h7-9,12-17,20-21H,6,10-11,18-19,22,32H2,1-5H3/b24-20+,27-21+,29-23-. The van der Waals surface area contributed by atoms with Gasteiger partial charge in [0.05, 0.1) is 6.61 Å². The van der Waals surface area contributed by atoms with Crippen molar-refractivity contribution in [1.29, 1.82) is 0 Å². The molecule has 33 heavy (non-hydrogen) atoms. The summed E-state index contributed by atoms with van der Waals surface area (Å²) in [5.41, 5.74) is 11.5. The van der Waals surface area contributed by atoms with Gasteiger partial charge in [0.25, 0.3) is 0 Å². The van der Waals surface area contributed by atoms with Gasteiger partial charge in [0, 0.05) is 0 Å². The molecule has 0 saturated heterocycles. The van der Waals surface area contributed by atoms with Crippen LogP contribution in [0.4, 0.5) is 4.39 Å². The van der Waals surface area contributed by atoms with Crippen LogP contribution in [0.3, 0.4) is 0 Å². The summed E-state index contributed by atoms with van der Waals surface area (Å²) in [4.78, 5) is 0. The van der Waals surface area contributed by atoms with Crippen molar-refractivity contribution in [2.75, 3.05) is 13.2 Å². The van der Waals surface area contributed by atoms with Crippen LogP contribution in [0.2, 0.25) is 0 Å². The van der Waals surface area contributed by atoms with E-state index in [4.69, 9.17) is 10.5 Å². The molecule has 0 aliphatic rings. The van der Waals surface area contributed by atoms with Crippen LogP contribution in [0.1, 0.15) is 71.4 Å². The molecule has 0 saturated carbocycles. The van der Waals surface area contributed by atoms with E-state index < -0.39 is 0 Å². The molecule has 0 bridgehead atoms. The molecular formula is C30H40FNO. The van der Waals surface area contributed by atoms with Gasteiger partial charge in [-0.1, -0.05) is 69.3 Å². The molecule has 0 spiro atoms. The molecular weight excluding hydrogens is 409 g/mol. The third-order valence-corrected chi connectivity index (χ3v) is 6.07. The van der Waals surface area contributed by atoms with Gasteiger partial charge in [-0.2, -0.15) is 0 Å². The molecule has 0 fully saturated rings. The van der Waals surface area contributed by atoms with E-state index in [0.717, 1.165) is 53.7 Å². The number of halogens is 1. The summed E-state index contributed by atoms with van der Waals surface area (Å²) >= 11 is 0. The highest BCUT2D eigenvalue weighted by Crippen LogP contribution is 2.26. The van der Waals surface area contributed by atoms with Gasteiger partial charge >= 0.3 is 0 Å². The van der Waals surface area contributed by atoms with Gasteiger partial charge in [-0.3, -0.25) is 0 Å². The van der Waals surface area contributed by atoms with Gasteiger partial charge < -0.3 is 10.5 Å². The minimum Gasteiger partial charge on any atom is -0.494 e. The molecule has 2 rings (SSSR count). The smallest absolute Gasteiger partial charge is 0.123 e. The molecule has 2 aromatic carbocycles. The predicted octanol–water partition coefficient (Wildman–Crippen LogP) is 8.17. The Morgan fingerprint density at radius 1 is 0.939 bits per heavy atom. The van der Waals surface area contributed by atoms with Crippen LogP contribution in [0.5, 0.6) is 0 Å². The summed E-state index contributed by atoms with van der Waals surface area (Å²) in [5, 5.41) is 0. The van der Waals surface area contributed by atoms with Crippen LogP contribution in [-0.2, 0) is 4.74 Å². The Hall–Kier alpha value is -2.65.